The van der Waals surface area contributed by atoms with Gasteiger partial charge in [-0.05, 0) is 60.2 Å². The number of anilines is 1. The Bertz CT molecular complexity index is 1370. The molecule has 6 nitrogen and oxygen atoms in total. The molecule has 0 bridgehead atoms. The first-order valence-corrected chi connectivity index (χ1v) is 9.54. The normalized spacial score (nSPS) is 11.0. The minimum absolute atomic E-state index is 0.146. The van der Waals surface area contributed by atoms with Crippen molar-refractivity contribution in [3.63, 3.8) is 0 Å². The first-order chi connectivity index (χ1) is 14.7. The van der Waals surface area contributed by atoms with Gasteiger partial charge in [-0.25, -0.2) is 4.98 Å². The van der Waals surface area contributed by atoms with Gasteiger partial charge in [-0.2, -0.15) is 5.10 Å². The highest BCUT2D eigenvalue weighted by atomic mass is 16.5. The highest BCUT2D eigenvalue weighted by Gasteiger charge is 2.12. The number of pyridine rings is 1. The molecule has 0 saturated carbocycles. The number of aromatic amines is 1. The average Bonchev–Trinajstić information content (AvgIpc) is 3.25. The lowest BCUT2D eigenvalue weighted by Gasteiger charge is -2.11. The van der Waals surface area contributed by atoms with E-state index in [1.165, 1.54) is 0 Å². The first-order valence-electron chi connectivity index (χ1n) is 9.54. The van der Waals surface area contributed by atoms with Crippen molar-refractivity contribution in [3.05, 3.63) is 90.3 Å². The molecular weight excluding hydrogens is 376 g/mol. The number of aromatic nitrogens is 3. The second kappa shape index (κ2) is 7.33. The number of hydrogen-bond acceptors (Lipinski definition) is 4. The number of amides is 1. The maximum Gasteiger partial charge on any atom is 0.256 e. The number of carbonyl (C=O) groups is 1. The minimum atomic E-state index is -0.146. The summed E-state index contributed by atoms with van der Waals surface area (Å²) in [4.78, 5) is 17.1. The molecule has 2 aromatic heterocycles. The van der Waals surface area contributed by atoms with Gasteiger partial charge < -0.3 is 10.1 Å². The molecule has 0 fully saturated rings. The zero-order chi connectivity index (χ0) is 20.5. The van der Waals surface area contributed by atoms with Crippen LogP contribution < -0.4 is 10.1 Å². The number of benzene rings is 3. The third kappa shape index (κ3) is 3.35. The maximum absolute atomic E-state index is 12.8. The van der Waals surface area contributed by atoms with Crippen LogP contribution in [0.15, 0.2) is 79.1 Å². The van der Waals surface area contributed by atoms with Gasteiger partial charge >= 0.3 is 0 Å². The van der Waals surface area contributed by atoms with Gasteiger partial charge in [0.15, 0.2) is 5.65 Å². The van der Waals surface area contributed by atoms with Crippen LogP contribution in [0, 0.1) is 6.92 Å². The molecule has 0 saturated heterocycles. The number of aryl methyl sites for hydroxylation is 1. The zero-order valence-corrected chi connectivity index (χ0v) is 16.2. The molecule has 146 valence electrons. The van der Waals surface area contributed by atoms with Crippen LogP contribution in [-0.4, -0.2) is 21.1 Å². The van der Waals surface area contributed by atoms with E-state index < -0.39 is 0 Å². The molecule has 0 unspecified atom stereocenters. The van der Waals surface area contributed by atoms with Crippen LogP contribution in [0.2, 0.25) is 0 Å². The fourth-order valence-corrected chi connectivity index (χ4v) is 3.40. The van der Waals surface area contributed by atoms with Crippen molar-refractivity contribution >= 4 is 33.4 Å². The number of hydrogen-bond donors (Lipinski definition) is 2. The molecule has 0 spiro atoms. The van der Waals surface area contributed by atoms with Gasteiger partial charge in [-0.3, -0.25) is 9.89 Å². The van der Waals surface area contributed by atoms with Crippen molar-refractivity contribution in [1.29, 1.82) is 0 Å². The standard InChI is InChI=1S/C24H18N4O2/c1-15-5-7-17(8-6-15)27-24(29)20-4-2-3-16-13-18(9-10-19(16)20)30-22-11-12-25-23-21(22)14-26-28-23/h2-14H,1H3,(H,27,29)(H,25,26,28). The summed E-state index contributed by atoms with van der Waals surface area (Å²) in [5, 5.41) is 12.4. The van der Waals surface area contributed by atoms with Crippen molar-refractivity contribution in [1.82, 2.24) is 15.2 Å². The number of nitrogens with one attached hydrogen (secondary N) is 2. The van der Waals surface area contributed by atoms with Gasteiger partial charge in [0.2, 0.25) is 0 Å². The Labute approximate surface area is 172 Å². The highest BCUT2D eigenvalue weighted by Crippen LogP contribution is 2.31. The van der Waals surface area contributed by atoms with Crippen molar-refractivity contribution < 1.29 is 9.53 Å². The molecule has 5 rings (SSSR count). The fourth-order valence-electron chi connectivity index (χ4n) is 3.40. The van der Waals surface area contributed by atoms with E-state index in [1.54, 1.807) is 18.5 Å². The molecule has 0 aliphatic rings. The molecule has 6 heteroatoms. The Morgan fingerprint density at radius 2 is 1.87 bits per heavy atom. The van der Waals surface area contributed by atoms with E-state index in [1.807, 2.05) is 67.6 Å². The Balaban J connectivity index is 1.45. The predicted molar refractivity (Wildman–Crippen MR) is 117 cm³/mol. The lowest BCUT2D eigenvalue weighted by atomic mass is 10.0. The van der Waals surface area contributed by atoms with Crippen LogP contribution in [0.3, 0.4) is 0 Å². The summed E-state index contributed by atoms with van der Waals surface area (Å²) in [6, 6.07) is 20.9. The summed E-state index contributed by atoms with van der Waals surface area (Å²) in [7, 11) is 0. The maximum atomic E-state index is 12.8. The Morgan fingerprint density at radius 3 is 2.73 bits per heavy atom. The second-order valence-corrected chi connectivity index (χ2v) is 7.05. The van der Waals surface area contributed by atoms with E-state index in [0.29, 0.717) is 22.7 Å². The van der Waals surface area contributed by atoms with Gasteiger partial charge in [0.1, 0.15) is 11.5 Å². The van der Waals surface area contributed by atoms with E-state index >= 15 is 0 Å². The van der Waals surface area contributed by atoms with Gasteiger partial charge in [-0.15, -0.1) is 0 Å². The fraction of sp³-hybridized carbons (Fsp3) is 0.0417. The monoisotopic (exact) mass is 394 g/mol. The Morgan fingerprint density at radius 1 is 1.00 bits per heavy atom. The lowest BCUT2D eigenvalue weighted by molar-refractivity contribution is 0.102. The van der Waals surface area contributed by atoms with Crippen LogP contribution in [0.25, 0.3) is 21.8 Å². The van der Waals surface area contributed by atoms with Crippen LogP contribution in [-0.2, 0) is 0 Å². The lowest BCUT2D eigenvalue weighted by Crippen LogP contribution is -2.12. The molecule has 3 aromatic carbocycles. The third-order valence-corrected chi connectivity index (χ3v) is 4.95. The van der Waals surface area contributed by atoms with Gasteiger partial charge in [0.05, 0.1) is 11.6 Å². The number of nitrogens with zero attached hydrogens (tertiary/aromatic N) is 2. The van der Waals surface area contributed by atoms with Crippen LogP contribution >= 0.6 is 0 Å². The van der Waals surface area contributed by atoms with Crippen LogP contribution in [0.5, 0.6) is 11.5 Å². The van der Waals surface area contributed by atoms with Crippen molar-refractivity contribution in [2.75, 3.05) is 5.32 Å². The molecule has 30 heavy (non-hydrogen) atoms. The SMILES string of the molecule is Cc1ccc(NC(=O)c2cccc3cc(Oc4ccnc5[nH]ncc45)ccc23)cc1. The molecule has 0 radical (unpaired) electrons. The highest BCUT2D eigenvalue weighted by molar-refractivity contribution is 6.13. The third-order valence-electron chi connectivity index (χ3n) is 4.95. The summed E-state index contributed by atoms with van der Waals surface area (Å²) in [5.41, 5.74) is 3.20. The number of ether oxygens (including phenoxy) is 1. The number of H-pyrrole nitrogens is 1. The van der Waals surface area contributed by atoms with Gasteiger partial charge in [0.25, 0.3) is 5.91 Å². The Hall–Kier alpha value is -4.19. The van der Waals surface area contributed by atoms with E-state index in [0.717, 1.165) is 27.4 Å². The molecular formula is C24H18N4O2. The molecule has 0 atom stereocenters. The molecule has 2 N–H and O–H groups in total. The summed E-state index contributed by atoms with van der Waals surface area (Å²) in [6.07, 6.45) is 3.36. The number of carbonyl (C=O) groups excluding carboxylic acids is 1. The topological polar surface area (TPSA) is 79.9 Å². The number of rotatable bonds is 4. The van der Waals surface area contributed by atoms with Gasteiger partial charge in [0, 0.05) is 17.4 Å². The summed E-state index contributed by atoms with van der Waals surface area (Å²) < 4.78 is 6.06. The average molecular weight is 394 g/mol. The summed E-state index contributed by atoms with van der Waals surface area (Å²) in [5.74, 6) is 1.20. The smallest absolute Gasteiger partial charge is 0.256 e. The van der Waals surface area contributed by atoms with Crippen molar-refractivity contribution in [3.8, 4) is 11.5 Å². The van der Waals surface area contributed by atoms with Crippen molar-refractivity contribution in [2.45, 2.75) is 6.92 Å². The number of fused-ring (bicyclic) bond motifs is 2. The molecule has 2 heterocycles. The minimum Gasteiger partial charge on any atom is -0.456 e. The predicted octanol–water partition coefficient (Wildman–Crippen LogP) is 5.46. The van der Waals surface area contributed by atoms with Crippen LogP contribution in [0.4, 0.5) is 5.69 Å². The quantitative estimate of drug-likeness (QED) is 0.424. The molecule has 0 aliphatic heterocycles. The summed E-state index contributed by atoms with van der Waals surface area (Å²) >= 11 is 0. The zero-order valence-electron chi connectivity index (χ0n) is 16.2. The molecule has 5 aromatic rings. The van der Waals surface area contributed by atoms with Crippen molar-refractivity contribution in [2.24, 2.45) is 0 Å². The largest absolute Gasteiger partial charge is 0.456 e. The first kappa shape index (κ1) is 17.9. The molecule has 0 aliphatic carbocycles. The van der Waals surface area contributed by atoms with Gasteiger partial charge in [-0.1, -0.05) is 29.8 Å². The van der Waals surface area contributed by atoms with E-state index in [4.69, 9.17) is 4.74 Å². The molecule has 1 amide bonds. The van der Waals surface area contributed by atoms with E-state index in [2.05, 4.69) is 20.5 Å². The van der Waals surface area contributed by atoms with E-state index in [-0.39, 0.29) is 5.91 Å². The summed E-state index contributed by atoms with van der Waals surface area (Å²) in [6.45, 7) is 2.01. The Kier molecular flexibility index (Phi) is 4.37. The van der Waals surface area contributed by atoms with Crippen LogP contribution in [0.1, 0.15) is 15.9 Å². The second-order valence-electron chi connectivity index (χ2n) is 7.05. The van der Waals surface area contributed by atoms with E-state index in [9.17, 15) is 4.79 Å².